The van der Waals surface area contributed by atoms with Gasteiger partial charge in [-0.2, -0.15) is 9.97 Å². The van der Waals surface area contributed by atoms with Gasteiger partial charge in [0.05, 0.1) is 34.0 Å². The molecule has 252 valence electrons. The Morgan fingerprint density at radius 1 is 0.519 bits per heavy atom. The summed E-state index contributed by atoms with van der Waals surface area (Å²) in [6, 6.07) is 48.9. The van der Waals surface area contributed by atoms with Crippen LogP contribution in [0, 0.1) is 12.4 Å². The van der Waals surface area contributed by atoms with Crippen molar-refractivity contribution in [1.82, 2.24) is 24.1 Å². The fourth-order valence-electron chi connectivity index (χ4n) is 7.89. The minimum atomic E-state index is -0.344. The normalized spacial score (nSPS) is 11.8. The average Bonchev–Trinajstić information content (AvgIpc) is 3.89. The van der Waals surface area contributed by atoms with Gasteiger partial charge in [0, 0.05) is 43.7 Å². The van der Waals surface area contributed by atoms with Crippen molar-refractivity contribution in [2.75, 3.05) is 0 Å². The molecule has 0 amide bonds. The Morgan fingerprint density at radius 3 is 1.89 bits per heavy atom. The lowest BCUT2D eigenvalue weighted by atomic mass is 10.1. The molecule has 54 heavy (non-hydrogen) atoms. The highest BCUT2D eigenvalue weighted by Crippen LogP contribution is 2.45. The van der Waals surface area contributed by atoms with E-state index >= 15 is 0 Å². The Balaban J connectivity index is 1.28. The van der Waals surface area contributed by atoms with Gasteiger partial charge in [-0.25, -0.2) is 14.2 Å². The van der Waals surface area contributed by atoms with Crippen molar-refractivity contribution < 1.29 is 8.81 Å². The van der Waals surface area contributed by atoms with Crippen molar-refractivity contribution >= 4 is 71.2 Å². The summed E-state index contributed by atoms with van der Waals surface area (Å²) >= 11 is 0. The number of furan rings is 1. The quantitative estimate of drug-likeness (QED) is 0.172. The molecule has 7 nitrogen and oxygen atoms in total. The van der Waals surface area contributed by atoms with Crippen LogP contribution < -0.4 is 0 Å². The SMILES string of the molecule is [C-]#[N+]c1ccc(-c2nc(-c3ccc(F)cc3)nc(-n3c4ccccc4c4c3ccc3c5c6oc7ccccc7c6ccc5n(-c5ccccc5)c34)n2)cc1. The third kappa shape index (κ3) is 4.36. The Bertz CT molecular complexity index is 3340. The maximum Gasteiger partial charge on any atom is 0.238 e. The van der Waals surface area contributed by atoms with Gasteiger partial charge in [-0.1, -0.05) is 78.9 Å². The van der Waals surface area contributed by atoms with Crippen LogP contribution in [-0.2, 0) is 0 Å². The molecule has 11 rings (SSSR count). The first-order chi connectivity index (χ1) is 26.6. The van der Waals surface area contributed by atoms with Crippen LogP contribution >= 0.6 is 0 Å². The Labute approximate surface area is 306 Å². The van der Waals surface area contributed by atoms with Gasteiger partial charge in [0.2, 0.25) is 5.95 Å². The zero-order valence-electron chi connectivity index (χ0n) is 28.4. The van der Waals surface area contributed by atoms with E-state index in [-0.39, 0.29) is 5.82 Å². The van der Waals surface area contributed by atoms with Crippen LogP contribution in [0.3, 0.4) is 0 Å². The second kappa shape index (κ2) is 11.4. The molecule has 0 aliphatic heterocycles. The molecule has 0 N–H and O–H groups in total. The van der Waals surface area contributed by atoms with Gasteiger partial charge >= 0.3 is 0 Å². The van der Waals surface area contributed by atoms with Crippen LogP contribution in [0.2, 0.25) is 0 Å². The molecular weight excluding hydrogens is 672 g/mol. The fourth-order valence-corrected chi connectivity index (χ4v) is 7.89. The second-order valence-electron chi connectivity index (χ2n) is 13.3. The third-order valence-corrected chi connectivity index (χ3v) is 10.3. The monoisotopic (exact) mass is 696 g/mol. The standard InChI is InChI=1S/C46H25FN6O/c1-48-30-21-17-28(18-22-30)45-49-44(27-15-19-29(47)20-16-27)50-46(51-45)53-36-13-7-5-12-34(36)40-37(53)26-24-35-41-38(52(42(35)40)31-9-3-2-4-10-31)25-23-33-32-11-6-8-14-39(32)54-43(33)41/h2-26H. The van der Waals surface area contributed by atoms with E-state index in [4.69, 9.17) is 25.9 Å². The largest absolute Gasteiger partial charge is 0.455 e. The summed E-state index contributed by atoms with van der Waals surface area (Å²) in [5.74, 6) is 0.916. The Kier molecular flexibility index (Phi) is 6.36. The fraction of sp³-hybridized carbons (Fsp3) is 0. The van der Waals surface area contributed by atoms with Crippen LogP contribution in [0.15, 0.2) is 156 Å². The summed E-state index contributed by atoms with van der Waals surface area (Å²) in [5, 5.41) is 6.34. The van der Waals surface area contributed by atoms with Crippen LogP contribution in [0.25, 0.3) is 105 Å². The summed E-state index contributed by atoms with van der Waals surface area (Å²) in [4.78, 5) is 18.5. The number of hydrogen-bond donors (Lipinski definition) is 0. The molecule has 0 aliphatic carbocycles. The smallest absolute Gasteiger partial charge is 0.238 e. The molecule has 7 aromatic carbocycles. The third-order valence-electron chi connectivity index (χ3n) is 10.3. The first-order valence-electron chi connectivity index (χ1n) is 17.5. The number of rotatable bonds is 4. The minimum absolute atomic E-state index is 0.344. The highest BCUT2D eigenvalue weighted by atomic mass is 19.1. The van der Waals surface area contributed by atoms with Crippen molar-refractivity contribution in [3.8, 4) is 34.4 Å². The van der Waals surface area contributed by atoms with Crippen molar-refractivity contribution in [1.29, 1.82) is 0 Å². The van der Waals surface area contributed by atoms with Crippen molar-refractivity contribution in [3.05, 3.63) is 169 Å². The number of hydrogen-bond acceptors (Lipinski definition) is 4. The van der Waals surface area contributed by atoms with E-state index in [0.29, 0.717) is 28.8 Å². The average molecular weight is 697 g/mol. The molecule has 0 saturated heterocycles. The van der Waals surface area contributed by atoms with E-state index in [0.717, 1.165) is 76.8 Å². The molecule has 0 atom stereocenters. The van der Waals surface area contributed by atoms with Crippen molar-refractivity contribution in [3.63, 3.8) is 0 Å². The molecular formula is C46H25FN6O. The molecule has 8 heteroatoms. The van der Waals surface area contributed by atoms with Gasteiger partial charge in [-0.05, 0) is 72.8 Å². The molecule has 0 aliphatic rings. The number of aromatic nitrogens is 5. The van der Waals surface area contributed by atoms with E-state index in [1.165, 1.54) is 12.1 Å². The van der Waals surface area contributed by atoms with Gasteiger partial charge in [0.25, 0.3) is 0 Å². The van der Waals surface area contributed by atoms with Gasteiger partial charge in [0.15, 0.2) is 17.3 Å². The molecule has 4 heterocycles. The topological polar surface area (TPSA) is 66.0 Å². The van der Waals surface area contributed by atoms with Crippen molar-refractivity contribution in [2.45, 2.75) is 0 Å². The van der Waals surface area contributed by atoms with E-state index in [9.17, 15) is 4.39 Å². The van der Waals surface area contributed by atoms with Crippen LogP contribution in [0.4, 0.5) is 10.1 Å². The lowest BCUT2D eigenvalue weighted by Crippen LogP contribution is -2.06. The summed E-state index contributed by atoms with van der Waals surface area (Å²) in [6.07, 6.45) is 0. The summed E-state index contributed by atoms with van der Waals surface area (Å²) < 4.78 is 25.1. The van der Waals surface area contributed by atoms with Crippen LogP contribution in [0.5, 0.6) is 0 Å². The molecule has 0 bridgehead atoms. The Morgan fingerprint density at radius 2 is 1.15 bits per heavy atom. The summed E-state index contributed by atoms with van der Waals surface area (Å²) in [7, 11) is 0. The molecule has 0 spiro atoms. The molecule has 0 fully saturated rings. The summed E-state index contributed by atoms with van der Waals surface area (Å²) in [6.45, 7) is 7.44. The molecule has 4 aromatic heterocycles. The molecule has 11 aromatic rings. The first-order valence-corrected chi connectivity index (χ1v) is 17.5. The van der Waals surface area contributed by atoms with E-state index < -0.39 is 0 Å². The number of halogens is 1. The van der Waals surface area contributed by atoms with Gasteiger partial charge in [-0.3, -0.25) is 4.57 Å². The molecule has 0 radical (unpaired) electrons. The summed E-state index contributed by atoms with van der Waals surface area (Å²) in [5.41, 5.74) is 8.55. The predicted molar refractivity (Wildman–Crippen MR) is 213 cm³/mol. The highest BCUT2D eigenvalue weighted by molar-refractivity contribution is 6.30. The predicted octanol–water partition coefficient (Wildman–Crippen LogP) is 12.0. The second-order valence-corrected chi connectivity index (χ2v) is 13.3. The van der Waals surface area contributed by atoms with E-state index in [2.05, 4.69) is 86.8 Å². The zero-order valence-corrected chi connectivity index (χ0v) is 28.4. The van der Waals surface area contributed by atoms with Crippen LogP contribution in [0.1, 0.15) is 0 Å². The van der Waals surface area contributed by atoms with Crippen molar-refractivity contribution in [2.24, 2.45) is 0 Å². The number of nitrogens with zero attached hydrogens (tertiary/aromatic N) is 6. The van der Waals surface area contributed by atoms with Gasteiger partial charge in [-0.15, -0.1) is 0 Å². The lowest BCUT2D eigenvalue weighted by Gasteiger charge is -2.11. The minimum Gasteiger partial charge on any atom is -0.455 e. The van der Waals surface area contributed by atoms with E-state index in [1.807, 2.05) is 42.5 Å². The lowest BCUT2D eigenvalue weighted by molar-refractivity contribution is 0.628. The maximum absolute atomic E-state index is 14.1. The van der Waals surface area contributed by atoms with Crippen LogP contribution in [-0.4, -0.2) is 24.1 Å². The highest BCUT2D eigenvalue weighted by Gasteiger charge is 2.25. The molecule has 0 saturated carbocycles. The molecule has 0 unspecified atom stereocenters. The number of para-hydroxylation sites is 3. The Hall–Kier alpha value is -7.63. The first kappa shape index (κ1) is 30.0. The number of benzene rings is 7. The van der Waals surface area contributed by atoms with E-state index in [1.54, 1.807) is 24.3 Å². The van der Waals surface area contributed by atoms with Gasteiger partial charge in [0.1, 0.15) is 17.0 Å². The zero-order chi connectivity index (χ0) is 35.9. The number of fused-ring (bicyclic) bond motifs is 11. The maximum atomic E-state index is 14.1. The van der Waals surface area contributed by atoms with Gasteiger partial charge < -0.3 is 8.98 Å².